The maximum atomic E-state index is 12.3. The molecule has 0 saturated carbocycles. The molecule has 0 radical (unpaired) electrons. The van der Waals surface area contributed by atoms with Crippen LogP contribution in [0.4, 0.5) is 8.78 Å². The van der Waals surface area contributed by atoms with Gasteiger partial charge in [0, 0.05) is 13.6 Å². The molecule has 1 aliphatic rings. The van der Waals surface area contributed by atoms with E-state index in [2.05, 4.69) is 10.1 Å². The van der Waals surface area contributed by atoms with Gasteiger partial charge in [-0.2, -0.15) is 8.78 Å². The molecule has 1 atom stereocenters. The quantitative estimate of drug-likeness (QED) is 0.900. The molecule has 2 rings (SSSR count). The van der Waals surface area contributed by atoms with Crippen LogP contribution < -0.4 is 10.1 Å². The van der Waals surface area contributed by atoms with Crippen LogP contribution in [0.15, 0.2) is 24.3 Å². The number of likely N-dealkylation sites (N-methyl/N-ethyl adjacent to an activating group) is 1. The van der Waals surface area contributed by atoms with Crippen molar-refractivity contribution in [3.8, 4) is 5.75 Å². The van der Waals surface area contributed by atoms with Crippen molar-refractivity contribution in [1.82, 2.24) is 10.2 Å². The summed E-state index contributed by atoms with van der Waals surface area (Å²) in [6.45, 7) is -1.49. The molecular weight excluding hydrogens is 314 g/mol. The molecule has 1 aliphatic heterocycles. The lowest BCUT2D eigenvalue weighted by atomic mass is 10.0. The van der Waals surface area contributed by atoms with Gasteiger partial charge in [-0.15, -0.1) is 12.4 Å². The smallest absolute Gasteiger partial charge is 0.387 e. The summed E-state index contributed by atoms with van der Waals surface area (Å²) in [6.07, 6.45) is 3.04. The van der Waals surface area contributed by atoms with E-state index in [1.165, 1.54) is 12.1 Å². The van der Waals surface area contributed by atoms with Crippen LogP contribution in [0.3, 0.4) is 0 Å². The van der Waals surface area contributed by atoms with Crippen molar-refractivity contribution < 1.29 is 18.3 Å². The van der Waals surface area contributed by atoms with Crippen LogP contribution in [-0.4, -0.2) is 37.1 Å². The Labute approximate surface area is 135 Å². The van der Waals surface area contributed by atoms with Gasteiger partial charge in [0.1, 0.15) is 5.75 Å². The molecule has 1 amide bonds. The first-order valence-electron chi connectivity index (χ1n) is 7.08. The van der Waals surface area contributed by atoms with E-state index in [9.17, 15) is 13.6 Å². The third-order valence-corrected chi connectivity index (χ3v) is 3.55. The van der Waals surface area contributed by atoms with Gasteiger partial charge in [0.15, 0.2) is 0 Å². The minimum Gasteiger partial charge on any atom is -0.435 e. The van der Waals surface area contributed by atoms with E-state index < -0.39 is 6.61 Å². The summed E-state index contributed by atoms with van der Waals surface area (Å²) in [5.41, 5.74) is 0.878. The summed E-state index contributed by atoms with van der Waals surface area (Å²) in [7, 11) is 1.75. The Hall–Kier alpha value is -1.40. The van der Waals surface area contributed by atoms with Gasteiger partial charge in [0.05, 0.1) is 6.04 Å². The minimum absolute atomic E-state index is 0. The molecule has 0 unspecified atom stereocenters. The Kier molecular flexibility index (Phi) is 7.55. The van der Waals surface area contributed by atoms with E-state index >= 15 is 0 Å². The third kappa shape index (κ3) is 5.42. The van der Waals surface area contributed by atoms with Gasteiger partial charge in [0.2, 0.25) is 5.91 Å². The van der Waals surface area contributed by atoms with E-state index in [0.29, 0.717) is 6.54 Å². The van der Waals surface area contributed by atoms with Crippen molar-refractivity contribution >= 4 is 18.3 Å². The fourth-order valence-electron chi connectivity index (χ4n) is 2.46. The number of alkyl halides is 2. The van der Waals surface area contributed by atoms with Crippen LogP contribution in [0.1, 0.15) is 24.8 Å². The Morgan fingerprint density at radius 1 is 1.36 bits per heavy atom. The van der Waals surface area contributed by atoms with Crippen LogP contribution in [0.2, 0.25) is 0 Å². The number of piperidine rings is 1. The number of benzene rings is 1. The lowest BCUT2D eigenvalue weighted by Crippen LogP contribution is -2.46. The number of halogens is 3. The van der Waals surface area contributed by atoms with Gasteiger partial charge in [-0.1, -0.05) is 18.6 Å². The lowest BCUT2D eigenvalue weighted by molar-refractivity contribution is -0.133. The average molecular weight is 335 g/mol. The number of rotatable bonds is 5. The van der Waals surface area contributed by atoms with Crippen molar-refractivity contribution in [1.29, 1.82) is 0 Å². The first-order valence-corrected chi connectivity index (χ1v) is 7.08. The molecule has 7 heteroatoms. The van der Waals surface area contributed by atoms with Crippen LogP contribution in [0, 0.1) is 0 Å². The largest absolute Gasteiger partial charge is 0.435 e. The van der Waals surface area contributed by atoms with E-state index in [4.69, 9.17) is 0 Å². The Bertz CT molecular complexity index is 465. The molecule has 1 aromatic carbocycles. The molecular formula is C15H21ClF2N2O2. The normalized spacial score (nSPS) is 17.7. The number of hydrogen-bond acceptors (Lipinski definition) is 3. The molecule has 0 bridgehead atoms. The number of hydrogen-bond donors (Lipinski definition) is 1. The van der Waals surface area contributed by atoms with Gasteiger partial charge in [-0.3, -0.25) is 4.79 Å². The van der Waals surface area contributed by atoms with Crippen LogP contribution in [0.5, 0.6) is 5.75 Å². The molecule has 0 spiro atoms. The molecule has 22 heavy (non-hydrogen) atoms. The second-order valence-corrected chi connectivity index (χ2v) is 5.22. The molecule has 4 nitrogen and oxygen atoms in total. The summed E-state index contributed by atoms with van der Waals surface area (Å²) < 4.78 is 28.4. The van der Waals surface area contributed by atoms with Gasteiger partial charge in [-0.05, 0) is 37.1 Å². The predicted molar refractivity (Wildman–Crippen MR) is 82.4 cm³/mol. The molecule has 1 N–H and O–H groups in total. The molecule has 1 fully saturated rings. The maximum Gasteiger partial charge on any atom is 0.387 e. The lowest BCUT2D eigenvalue weighted by Gasteiger charge is -2.27. The zero-order chi connectivity index (χ0) is 15.2. The summed E-state index contributed by atoms with van der Waals surface area (Å²) >= 11 is 0. The highest BCUT2D eigenvalue weighted by atomic mass is 35.5. The zero-order valence-electron chi connectivity index (χ0n) is 12.4. The van der Waals surface area contributed by atoms with Gasteiger partial charge in [-0.25, -0.2) is 0 Å². The summed E-state index contributed by atoms with van der Waals surface area (Å²) in [6, 6.07) is 6.24. The summed E-state index contributed by atoms with van der Waals surface area (Å²) in [5, 5.41) is 3.22. The van der Waals surface area contributed by atoms with Crippen LogP contribution in [0.25, 0.3) is 0 Å². The molecule has 1 heterocycles. The monoisotopic (exact) mass is 334 g/mol. The first-order chi connectivity index (χ1) is 10.1. The fraction of sp³-hybridized carbons (Fsp3) is 0.533. The van der Waals surface area contributed by atoms with Gasteiger partial charge in [0.25, 0.3) is 0 Å². The first kappa shape index (κ1) is 18.6. The summed E-state index contributed by atoms with van der Waals surface area (Å²) in [5.74, 6) is 0.194. The Morgan fingerprint density at radius 3 is 2.59 bits per heavy atom. The number of nitrogens with zero attached hydrogens (tertiary/aromatic N) is 1. The van der Waals surface area contributed by atoms with Crippen molar-refractivity contribution in [2.75, 3.05) is 13.6 Å². The molecule has 0 aromatic heterocycles. The summed E-state index contributed by atoms with van der Waals surface area (Å²) in [4.78, 5) is 13.9. The number of carbonyl (C=O) groups excluding carboxylic acids is 1. The highest BCUT2D eigenvalue weighted by molar-refractivity contribution is 5.85. The van der Waals surface area contributed by atoms with E-state index in [1.54, 1.807) is 24.1 Å². The topological polar surface area (TPSA) is 41.6 Å². The molecule has 1 saturated heterocycles. The van der Waals surface area contributed by atoms with Gasteiger partial charge >= 0.3 is 6.61 Å². The van der Waals surface area contributed by atoms with Crippen molar-refractivity contribution in [2.24, 2.45) is 0 Å². The number of amides is 1. The highest BCUT2D eigenvalue weighted by Gasteiger charge is 2.23. The second-order valence-electron chi connectivity index (χ2n) is 5.22. The van der Waals surface area contributed by atoms with E-state index in [0.717, 1.165) is 31.4 Å². The third-order valence-electron chi connectivity index (χ3n) is 3.55. The van der Waals surface area contributed by atoms with Crippen LogP contribution in [-0.2, 0) is 11.3 Å². The standard InChI is InChI=1S/C15H20F2N2O2.ClH/c1-19(14(20)13-4-2-3-9-18-13)10-11-5-7-12(8-6-11)21-15(16)17;/h5-8,13,15,18H,2-4,9-10H2,1H3;1H/t13-;/m0./s1. The average Bonchev–Trinajstić information content (AvgIpc) is 2.49. The van der Waals surface area contributed by atoms with E-state index in [-0.39, 0.29) is 30.1 Å². The second kappa shape index (κ2) is 8.90. The Morgan fingerprint density at radius 2 is 2.05 bits per heavy atom. The fourth-order valence-corrected chi connectivity index (χ4v) is 2.46. The Balaban J connectivity index is 0.00000242. The van der Waals surface area contributed by atoms with Gasteiger partial charge < -0.3 is 15.0 Å². The zero-order valence-corrected chi connectivity index (χ0v) is 13.2. The molecule has 124 valence electrons. The van der Waals surface area contributed by atoms with E-state index in [1.807, 2.05) is 0 Å². The minimum atomic E-state index is -2.82. The highest BCUT2D eigenvalue weighted by Crippen LogP contribution is 2.16. The number of carbonyl (C=O) groups is 1. The van der Waals surface area contributed by atoms with Crippen LogP contribution >= 0.6 is 12.4 Å². The number of ether oxygens (including phenoxy) is 1. The molecule has 1 aromatic rings. The van der Waals surface area contributed by atoms with Crippen molar-refractivity contribution in [2.45, 2.75) is 38.5 Å². The molecule has 0 aliphatic carbocycles. The number of nitrogens with one attached hydrogen (secondary N) is 1. The maximum absolute atomic E-state index is 12.3. The van der Waals surface area contributed by atoms with Crippen molar-refractivity contribution in [3.05, 3.63) is 29.8 Å². The predicted octanol–water partition coefficient (Wildman–Crippen LogP) is 2.81. The van der Waals surface area contributed by atoms with Crippen molar-refractivity contribution in [3.63, 3.8) is 0 Å². The SMILES string of the molecule is CN(Cc1ccc(OC(F)F)cc1)C(=O)[C@@H]1CCCCN1.Cl.